The van der Waals surface area contributed by atoms with Crippen LogP contribution in [0.1, 0.15) is 17.3 Å². The highest BCUT2D eigenvalue weighted by Gasteiger charge is 2.38. The molecule has 1 aliphatic rings. The van der Waals surface area contributed by atoms with Crippen molar-refractivity contribution in [3.63, 3.8) is 0 Å². The number of halogens is 3. The molecule has 2 aromatic rings. The fraction of sp³-hybridized carbons (Fsp3) is 0.421. The van der Waals surface area contributed by atoms with Crippen LogP contribution in [0.3, 0.4) is 0 Å². The highest BCUT2D eigenvalue weighted by Crippen LogP contribution is 2.27. The maximum absolute atomic E-state index is 12.5. The molecule has 1 N–H and O–H groups in total. The highest BCUT2D eigenvalue weighted by atomic mass is 19.4. The summed E-state index contributed by atoms with van der Waals surface area (Å²) in [5.74, 6) is -1.96. The molecular weight excluding hydrogens is 407 g/mol. The van der Waals surface area contributed by atoms with Gasteiger partial charge in [-0.15, -0.1) is 0 Å². The Balaban J connectivity index is 0.000000396. The predicted molar refractivity (Wildman–Crippen MR) is 98.9 cm³/mol. The van der Waals surface area contributed by atoms with Gasteiger partial charge in [0.05, 0.1) is 25.2 Å². The second-order valence-electron chi connectivity index (χ2n) is 6.52. The third-order valence-corrected chi connectivity index (χ3v) is 4.30. The molecular formula is C19H22F3N3O5. The van der Waals surface area contributed by atoms with Crippen LogP contribution >= 0.6 is 0 Å². The van der Waals surface area contributed by atoms with Gasteiger partial charge in [0.1, 0.15) is 5.75 Å². The summed E-state index contributed by atoms with van der Waals surface area (Å²) in [4.78, 5) is 27.6. The molecule has 1 unspecified atom stereocenters. The Morgan fingerprint density at radius 2 is 1.90 bits per heavy atom. The van der Waals surface area contributed by atoms with E-state index in [2.05, 4.69) is 4.98 Å². The van der Waals surface area contributed by atoms with Crippen LogP contribution in [0.25, 0.3) is 0 Å². The lowest BCUT2D eigenvalue weighted by atomic mass is 9.99. The van der Waals surface area contributed by atoms with Gasteiger partial charge in [-0.3, -0.25) is 4.79 Å². The van der Waals surface area contributed by atoms with Gasteiger partial charge >= 0.3 is 12.1 Å². The summed E-state index contributed by atoms with van der Waals surface area (Å²) in [5.41, 5.74) is 2.09. The summed E-state index contributed by atoms with van der Waals surface area (Å²) in [5, 5.41) is 7.12. The number of alkyl halides is 3. The average molecular weight is 429 g/mol. The van der Waals surface area contributed by atoms with E-state index in [0.717, 1.165) is 11.4 Å². The van der Waals surface area contributed by atoms with E-state index in [1.54, 1.807) is 18.3 Å². The van der Waals surface area contributed by atoms with Gasteiger partial charge in [0.2, 0.25) is 0 Å². The first kappa shape index (κ1) is 23.2. The number of nitrogens with zero attached hydrogens (tertiary/aromatic N) is 3. The van der Waals surface area contributed by atoms with E-state index in [1.807, 2.05) is 41.9 Å². The van der Waals surface area contributed by atoms with Crippen LogP contribution in [0.2, 0.25) is 0 Å². The molecule has 8 nitrogen and oxygen atoms in total. The zero-order valence-corrected chi connectivity index (χ0v) is 16.4. The number of aryl methyl sites for hydroxylation is 1. The quantitative estimate of drug-likeness (QED) is 0.783. The molecule has 30 heavy (non-hydrogen) atoms. The number of aromatic nitrogens is 2. The summed E-state index contributed by atoms with van der Waals surface area (Å²) >= 11 is 0. The van der Waals surface area contributed by atoms with Gasteiger partial charge < -0.3 is 24.0 Å². The third-order valence-electron chi connectivity index (χ3n) is 4.30. The fourth-order valence-electron chi connectivity index (χ4n) is 3.01. The first-order chi connectivity index (χ1) is 14.1. The summed E-state index contributed by atoms with van der Waals surface area (Å²) in [6.07, 6.45) is -3.29. The van der Waals surface area contributed by atoms with E-state index in [9.17, 15) is 18.0 Å². The molecule has 1 aromatic carbocycles. The number of fused-ring (bicyclic) bond motifs is 1. The second kappa shape index (κ2) is 10.1. The number of hydrogen-bond acceptors (Lipinski definition) is 5. The van der Waals surface area contributed by atoms with Crippen LogP contribution < -0.4 is 4.74 Å². The molecule has 1 aromatic heterocycles. The Bertz CT molecular complexity index is 855. The van der Waals surface area contributed by atoms with E-state index in [4.69, 9.17) is 19.4 Å². The van der Waals surface area contributed by atoms with Gasteiger partial charge in [-0.25, -0.2) is 9.78 Å². The maximum atomic E-state index is 12.5. The van der Waals surface area contributed by atoms with E-state index in [1.165, 1.54) is 0 Å². The first-order valence-electron chi connectivity index (χ1n) is 8.88. The Morgan fingerprint density at radius 1 is 1.27 bits per heavy atom. The SMILES string of the molecule is COCC1CN(C(=O)COc2ccccc2)Cc2ncn(C)c21.O=C(O)C(F)(F)F. The first-order valence-corrected chi connectivity index (χ1v) is 8.88. The molecule has 0 saturated carbocycles. The van der Waals surface area contributed by atoms with Crippen LogP contribution in [-0.2, 0) is 27.9 Å². The number of ether oxygens (including phenoxy) is 2. The minimum atomic E-state index is -5.08. The standard InChI is InChI=1S/C17H21N3O3.C2HF3O2/c1-19-12-18-15-9-20(8-13(10-22-2)17(15)19)16(21)11-23-14-6-4-3-5-7-14;3-2(4,5)1(6)7/h3-7,12-13H,8-11H2,1-2H3;(H,6,7). The van der Waals surface area contributed by atoms with Crippen molar-refractivity contribution >= 4 is 11.9 Å². The smallest absolute Gasteiger partial charge is 0.484 e. The van der Waals surface area contributed by atoms with Crippen LogP contribution in [0, 0.1) is 0 Å². The van der Waals surface area contributed by atoms with E-state index < -0.39 is 12.1 Å². The van der Waals surface area contributed by atoms with Crippen LogP contribution in [0.15, 0.2) is 36.7 Å². The highest BCUT2D eigenvalue weighted by molar-refractivity contribution is 5.78. The Morgan fingerprint density at radius 3 is 2.47 bits per heavy atom. The zero-order valence-electron chi connectivity index (χ0n) is 16.4. The normalized spacial score (nSPS) is 15.6. The third kappa shape index (κ3) is 6.21. The fourth-order valence-corrected chi connectivity index (χ4v) is 3.01. The number of carbonyl (C=O) groups is 2. The lowest BCUT2D eigenvalue weighted by molar-refractivity contribution is -0.192. The monoisotopic (exact) mass is 429 g/mol. The molecule has 1 atom stereocenters. The largest absolute Gasteiger partial charge is 0.490 e. The number of methoxy groups -OCH3 is 1. The van der Waals surface area contributed by atoms with E-state index >= 15 is 0 Å². The maximum Gasteiger partial charge on any atom is 0.490 e. The number of hydrogen-bond donors (Lipinski definition) is 1. The van der Waals surface area contributed by atoms with Crippen LogP contribution in [0.4, 0.5) is 13.2 Å². The van der Waals surface area contributed by atoms with Crippen molar-refractivity contribution in [1.29, 1.82) is 0 Å². The number of para-hydroxylation sites is 1. The number of imidazole rings is 1. The number of carbonyl (C=O) groups excluding carboxylic acids is 1. The average Bonchev–Trinajstić information content (AvgIpc) is 3.08. The van der Waals surface area contributed by atoms with Crippen molar-refractivity contribution in [3.8, 4) is 5.75 Å². The van der Waals surface area contributed by atoms with Gasteiger partial charge in [-0.1, -0.05) is 18.2 Å². The van der Waals surface area contributed by atoms with Gasteiger partial charge in [0, 0.05) is 32.3 Å². The van der Waals surface area contributed by atoms with Gasteiger partial charge in [-0.05, 0) is 12.1 Å². The number of carboxylic acid groups (broad SMARTS) is 1. The number of benzene rings is 1. The molecule has 0 aliphatic carbocycles. The van der Waals surface area contributed by atoms with Crippen molar-refractivity contribution < 1.29 is 37.3 Å². The Hall–Kier alpha value is -3.08. The predicted octanol–water partition coefficient (Wildman–Crippen LogP) is 2.20. The minimum Gasteiger partial charge on any atom is -0.484 e. The molecule has 0 bridgehead atoms. The number of aliphatic carboxylic acids is 1. The summed E-state index contributed by atoms with van der Waals surface area (Å²) in [6.45, 7) is 1.74. The molecule has 0 saturated heterocycles. The molecule has 2 heterocycles. The number of rotatable bonds is 5. The van der Waals surface area contributed by atoms with Crippen molar-refractivity contribution in [3.05, 3.63) is 48.0 Å². The van der Waals surface area contributed by atoms with E-state index in [-0.39, 0.29) is 18.4 Å². The Kier molecular flexibility index (Phi) is 7.81. The minimum absolute atomic E-state index is 0.0336. The topological polar surface area (TPSA) is 93.9 Å². The molecule has 164 valence electrons. The van der Waals surface area contributed by atoms with Gasteiger partial charge in [0.15, 0.2) is 6.61 Å². The lowest BCUT2D eigenvalue weighted by Crippen LogP contribution is -2.42. The molecule has 11 heteroatoms. The molecule has 1 aliphatic heterocycles. The summed E-state index contributed by atoms with van der Waals surface area (Å²) in [7, 11) is 3.65. The summed E-state index contributed by atoms with van der Waals surface area (Å²) in [6, 6.07) is 9.37. The molecule has 0 fully saturated rings. The second-order valence-corrected chi connectivity index (χ2v) is 6.52. The van der Waals surface area contributed by atoms with Crippen molar-refractivity contribution in [2.45, 2.75) is 18.6 Å². The molecule has 0 radical (unpaired) electrons. The lowest BCUT2D eigenvalue weighted by Gasteiger charge is -2.32. The van der Waals surface area contributed by atoms with Gasteiger partial charge in [-0.2, -0.15) is 13.2 Å². The molecule has 0 spiro atoms. The molecule has 1 amide bonds. The summed E-state index contributed by atoms with van der Waals surface area (Å²) < 4.78 is 44.6. The number of carboxylic acids is 1. The number of amides is 1. The van der Waals surface area contributed by atoms with Crippen molar-refractivity contribution in [2.24, 2.45) is 7.05 Å². The van der Waals surface area contributed by atoms with Crippen molar-refractivity contribution in [1.82, 2.24) is 14.5 Å². The van der Waals surface area contributed by atoms with Gasteiger partial charge in [0.25, 0.3) is 5.91 Å². The van der Waals surface area contributed by atoms with Crippen molar-refractivity contribution in [2.75, 3.05) is 26.9 Å². The van der Waals surface area contributed by atoms with Crippen LogP contribution in [0.5, 0.6) is 5.75 Å². The zero-order chi connectivity index (χ0) is 22.3. The van der Waals surface area contributed by atoms with Crippen LogP contribution in [-0.4, -0.2) is 64.5 Å². The van der Waals surface area contributed by atoms with E-state index in [0.29, 0.717) is 25.4 Å². The molecule has 3 rings (SSSR count). The Labute approximate surface area is 170 Å².